The second-order valence-corrected chi connectivity index (χ2v) is 41.3. The molecule has 0 radical (unpaired) electrons. The van der Waals surface area contributed by atoms with Crippen LogP contribution in [-0.2, 0) is 6.42 Å². The summed E-state index contributed by atoms with van der Waals surface area (Å²) in [4.78, 5) is 101. The number of thiazole rings is 6. The Balaban J connectivity index is 0.000000151. The van der Waals surface area contributed by atoms with Crippen LogP contribution in [0, 0.1) is 69.2 Å². The average molecular weight is 2160 g/mol. The molecule has 18 aromatic rings. The summed E-state index contributed by atoms with van der Waals surface area (Å²) in [6, 6.07) is 54.0. The fourth-order valence-electron chi connectivity index (χ4n) is 13.8. The summed E-state index contributed by atoms with van der Waals surface area (Å²) in [6.07, 6.45) is 2.63. The summed E-state index contributed by atoms with van der Waals surface area (Å²) in [5.41, 5.74) is 25.8. The third-order valence-electron chi connectivity index (χ3n) is 21.2. The topological polar surface area (TPSA) is 466 Å². The van der Waals surface area contributed by atoms with E-state index in [2.05, 4.69) is 61.8 Å². The van der Waals surface area contributed by atoms with Crippen LogP contribution >= 0.6 is 138 Å². The summed E-state index contributed by atoms with van der Waals surface area (Å²) < 4.78 is 6.02. The molecule has 6 amide bonds. The van der Waals surface area contributed by atoms with Crippen LogP contribution in [0.1, 0.15) is 155 Å². The van der Waals surface area contributed by atoms with Crippen LogP contribution in [0.25, 0.3) is 61.3 Å². The number of fused-ring (bicyclic) bond motifs is 6. The second kappa shape index (κ2) is 49.4. The van der Waals surface area contributed by atoms with Gasteiger partial charge in [0, 0.05) is 43.2 Å². The monoisotopic (exact) mass is 2150 g/mol. The molecule has 40 heteroatoms. The van der Waals surface area contributed by atoms with E-state index in [-0.39, 0.29) is 81.1 Å². The van der Waals surface area contributed by atoms with Gasteiger partial charge in [0.05, 0.1) is 108 Å². The van der Waals surface area contributed by atoms with Gasteiger partial charge in [-0.3, -0.25) is 60.7 Å². The molecule has 12 aromatic carbocycles. The molecule has 19 rings (SSSR count). The molecule has 0 unspecified atom stereocenters. The van der Waals surface area contributed by atoms with E-state index in [1.807, 2.05) is 158 Å². The Hall–Kier alpha value is -12.8. The highest BCUT2D eigenvalue weighted by atomic mass is 35.5. The summed E-state index contributed by atoms with van der Waals surface area (Å²) in [5, 5.41) is 98.0. The summed E-state index contributed by atoms with van der Waals surface area (Å²) in [7, 11) is 0. The lowest BCUT2D eigenvalue weighted by molar-refractivity contribution is 0.101. The first kappa shape index (κ1) is 109. The lowest BCUT2D eigenvalue weighted by Gasteiger charge is -2.09. The number of phenols is 6. The van der Waals surface area contributed by atoms with Gasteiger partial charge in [-0.1, -0.05) is 193 Å². The average Bonchev–Trinajstić information content (AvgIpc) is 1.65. The van der Waals surface area contributed by atoms with Crippen molar-refractivity contribution >= 4 is 265 Å². The fourth-order valence-corrected chi connectivity index (χ4v) is 21.1. The molecule has 6 heterocycles. The van der Waals surface area contributed by atoms with Gasteiger partial charge in [-0.15, -0.1) is 0 Å². The minimum atomic E-state index is -0.432. The molecule has 0 spiro atoms. The molecule has 1 aliphatic rings. The number of benzene rings is 12. The highest BCUT2D eigenvalue weighted by molar-refractivity contribution is 7.24. The number of rotatable bonds is 16. The SMILES string of the molecule is CCc1cc(Cl)cc(C(=O)Nc2nc3ccc(C)cc3s2)c1O.Cc1cc(Cl)cc(C(=O)Nc2nc3c(C)cccc3s2)c1O.Cc1cc(Cl)cc(C(=O)Nc2nc3c(C)cccc3s2)c1O.Cc1ccc2nc(NC(=O)c3cc(Cl)cc(C)c3O)sc2c1.Cc1ccc2nc(NC(=O)c3cc(Cl)cc(C)c3O)sc2c1.Cc1ccc2nc(NC(=O)c3cc(Cl)cc(C4CC4)c3O)sc2c1.NCCO.NCCO. The maximum absolute atomic E-state index is 12.6. The van der Waals surface area contributed by atoms with Crippen molar-refractivity contribution in [3.63, 3.8) is 0 Å². The number of aromatic hydroxyl groups is 6. The zero-order valence-electron chi connectivity index (χ0n) is 78.4. The van der Waals surface area contributed by atoms with Crippen LogP contribution in [0.2, 0.25) is 30.1 Å². The fraction of sp³-hybridized carbons (Fsp3) is 0.184. The molecule has 1 aliphatic carbocycles. The van der Waals surface area contributed by atoms with E-state index in [1.54, 1.807) is 64.1 Å². The van der Waals surface area contributed by atoms with Crippen molar-refractivity contribution in [2.75, 3.05) is 58.2 Å². The third-order valence-corrected chi connectivity index (χ3v) is 28.1. The van der Waals surface area contributed by atoms with Gasteiger partial charge in [0.25, 0.3) is 35.4 Å². The van der Waals surface area contributed by atoms with E-state index >= 15 is 0 Å². The minimum absolute atomic E-state index is 0.0244. The minimum Gasteiger partial charge on any atom is -0.507 e. The molecule has 28 nitrogen and oxygen atoms in total. The van der Waals surface area contributed by atoms with Gasteiger partial charge in [0.15, 0.2) is 30.8 Å². The number of aromatic nitrogens is 6. The number of amides is 6. The molecule has 143 heavy (non-hydrogen) atoms. The molecular weight excluding hydrogens is 2060 g/mol. The van der Waals surface area contributed by atoms with Gasteiger partial charge in [0.1, 0.15) is 34.5 Å². The molecule has 1 fully saturated rings. The highest BCUT2D eigenvalue weighted by Gasteiger charge is 2.31. The number of anilines is 6. The van der Waals surface area contributed by atoms with Gasteiger partial charge in [-0.05, 0) is 295 Å². The van der Waals surface area contributed by atoms with Crippen molar-refractivity contribution < 1.29 is 69.6 Å². The number of carbonyl (C=O) groups is 6. The Kier molecular flexibility index (Phi) is 37.7. The number of hydrogen-bond donors (Lipinski definition) is 16. The number of halogens is 6. The quantitative estimate of drug-likeness (QED) is 0.0427. The van der Waals surface area contributed by atoms with E-state index in [4.69, 9.17) is 91.3 Å². The van der Waals surface area contributed by atoms with E-state index in [1.165, 1.54) is 104 Å². The van der Waals surface area contributed by atoms with Crippen molar-refractivity contribution in [1.29, 1.82) is 0 Å². The van der Waals surface area contributed by atoms with Crippen LogP contribution in [0.4, 0.5) is 30.8 Å². The van der Waals surface area contributed by atoms with E-state index < -0.39 is 35.4 Å². The maximum atomic E-state index is 12.6. The molecule has 0 saturated heterocycles. The predicted octanol–water partition coefficient (Wildman–Crippen LogP) is 25.8. The van der Waals surface area contributed by atoms with E-state index in [0.29, 0.717) is 114 Å². The lowest BCUT2D eigenvalue weighted by atomic mass is 10.0. The van der Waals surface area contributed by atoms with Crippen LogP contribution in [0.3, 0.4) is 0 Å². The van der Waals surface area contributed by atoms with Crippen molar-refractivity contribution in [2.24, 2.45) is 11.5 Å². The number of aliphatic hydroxyl groups is 2. The number of aryl methyl sites for hydroxylation is 11. The molecule has 0 aliphatic heterocycles. The van der Waals surface area contributed by atoms with Gasteiger partial charge in [0.2, 0.25) is 0 Å². The Bertz CT molecular complexity index is 7540. The van der Waals surface area contributed by atoms with Gasteiger partial charge in [-0.2, -0.15) is 0 Å². The Morgan fingerprint density at radius 1 is 0.308 bits per heavy atom. The molecule has 18 N–H and O–H groups in total. The van der Waals surface area contributed by atoms with Crippen LogP contribution in [-0.4, -0.2) is 133 Å². The molecule has 0 bridgehead atoms. The van der Waals surface area contributed by atoms with Crippen LogP contribution < -0.4 is 43.4 Å². The number of nitrogens with two attached hydrogens (primary N) is 2. The number of aliphatic hydroxyl groups excluding tert-OH is 2. The number of hydrogen-bond acceptors (Lipinski definition) is 28. The lowest BCUT2D eigenvalue weighted by Crippen LogP contribution is -2.12. The van der Waals surface area contributed by atoms with Gasteiger partial charge < -0.3 is 52.3 Å². The normalized spacial score (nSPS) is 11.2. The number of nitrogens with zero attached hydrogens (tertiary/aromatic N) is 6. The Labute approximate surface area is 875 Å². The summed E-state index contributed by atoms with van der Waals surface area (Å²) >= 11 is 44.3. The number of nitrogens with one attached hydrogen (secondary N) is 6. The Morgan fingerprint density at radius 2 is 0.545 bits per heavy atom. The summed E-state index contributed by atoms with van der Waals surface area (Å²) in [6.45, 7) is 21.6. The first-order chi connectivity index (χ1) is 68.1. The number of phenolic OH excluding ortho intramolecular Hbond substituents is 6. The standard InChI is InChI=1S/C18H15ClN2O2S.C17H15ClN2O2S.4C16H13ClN2O2S.2C2H7NO/c1-9-2-5-14-15(6-9)24-18(20-14)21-17(23)13-8-11(19)7-12(16(13)22)10-3-4-10;1-3-10-7-11(18)8-12(15(10)21)16(22)20-17-19-13-5-4-9(2)6-14(13)23-17;2*1-8-3-4-12-13(5-8)22-16(18-12)19-15(21)11-7-10(17)6-9(2)14(11)20;2*1-8-4-3-5-12-13(8)18-16(22-12)19-15(21)11-7-10(17)6-9(2)14(11)20;2*3-1-2-4/h2,5-8,10,22H,3-4H2,1H3,(H,20,21,23);4-8,21H,3H2,1-2H3,(H,19,20,22);4*3-7,20H,1-2H3,(H,18,19,21);2*4H,1-3H2. The molecule has 740 valence electrons. The smallest absolute Gasteiger partial charge is 0.261 e. The maximum Gasteiger partial charge on any atom is 0.261 e. The third kappa shape index (κ3) is 28.6. The van der Waals surface area contributed by atoms with Crippen LogP contribution in [0.15, 0.2) is 182 Å². The number of carbonyl (C=O) groups excluding carboxylic acids is 6. The summed E-state index contributed by atoms with van der Waals surface area (Å²) in [5.74, 6) is -2.53. The second-order valence-electron chi connectivity index (χ2n) is 32.5. The molecular formula is C103H96Cl6N14O14S6. The largest absolute Gasteiger partial charge is 0.507 e. The molecule has 6 aromatic heterocycles. The van der Waals surface area contributed by atoms with Crippen molar-refractivity contribution in [3.05, 3.63) is 312 Å². The van der Waals surface area contributed by atoms with E-state index in [0.717, 1.165) is 113 Å². The first-order valence-electron chi connectivity index (χ1n) is 43.8. The van der Waals surface area contributed by atoms with Crippen molar-refractivity contribution in [1.82, 2.24) is 29.9 Å². The van der Waals surface area contributed by atoms with Crippen molar-refractivity contribution in [2.45, 2.75) is 101 Å². The zero-order valence-corrected chi connectivity index (χ0v) is 87.9. The molecule has 1 saturated carbocycles. The Morgan fingerprint density at radius 3 is 0.797 bits per heavy atom. The van der Waals surface area contributed by atoms with Crippen molar-refractivity contribution in [3.8, 4) is 34.5 Å². The van der Waals surface area contributed by atoms with E-state index in [9.17, 15) is 59.4 Å². The predicted molar refractivity (Wildman–Crippen MR) is 585 cm³/mol. The highest BCUT2D eigenvalue weighted by Crippen LogP contribution is 2.47. The van der Waals surface area contributed by atoms with Gasteiger partial charge in [-0.25, -0.2) is 29.9 Å². The zero-order chi connectivity index (χ0) is 104. The molecule has 0 atom stereocenters. The number of para-hydroxylation sites is 2. The van der Waals surface area contributed by atoms with Gasteiger partial charge >= 0.3 is 0 Å². The first-order valence-corrected chi connectivity index (χ1v) is 51.0. The van der Waals surface area contributed by atoms with Crippen LogP contribution in [0.5, 0.6) is 34.5 Å².